The number of hydrogen-bond acceptors (Lipinski definition) is 2. The Kier molecular flexibility index (Phi) is 3.53. The molecule has 0 amide bonds. The fourth-order valence-corrected chi connectivity index (χ4v) is 2.10. The Morgan fingerprint density at radius 2 is 2.33 bits per heavy atom. The third kappa shape index (κ3) is 2.46. The van der Waals surface area contributed by atoms with Crippen LogP contribution in [0.4, 0.5) is 0 Å². The first-order valence-corrected chi connectivity index (χ1v) is 4.99. The molecule has 2 nitrogen and oxygen atoms in total. The summed E-state index contributed by atoms with van der Waals surface area (Å²) in [5.74, 6) is 0. The molecule has 2 unspecified atom stereocenters. The smallest absolute Gasteiger partial charge is 0.0665 e. The molecule has 1 saturated carbocycles. The molecule has 12 heavy (non-hydrogen) atoms. The van der Waals surface area contributed by atoms with Gasteiger partial charge in [-0.15, -0.1) is 0 Å². The minimum atomic E-state index is 0.130. The Morgan fingerprint density at radius 1 is 1.58 bits per heavy atom. The predicted molar refractivity (Wildman–Crippen MR) is 51.3 cm³/mol. The topological polar surface area (TPSA) is 21.3 Å². The molecule has 72 valence electrons. The van der Waals surface area contributed by atoms with Crippen molar-refractivity contribution < 1.29 is 4.74 Å². The first kappa shape index (κ1) is 10.0. The van der Waals surface area contributed by atoms with Crippen molar-refractivity contribution in [2.45, 2.75) is 51.2 Å². The molecule has 0 radical (unpaired) electrons. The van der Waals surface area contributed by atoms with Crippen molar-refractivity contribution in [2.75, 3.05) is 13.7 Å². The molecule has 0 aromatic carbocycles. The minimum absolute atomic E-state index is 0.130. The van der Waals surface area contributed by atoms with E-state index in [0.717, 1.165) is 13.0 Å². The summed E-state index contributed by atoms with van der Waals surface area (Å²) in [6.07, 6.45) is 4.98. The van der Waals surface area contributed by atoms with E-state index >= 15 is 0 Å². The molecule has 1 aliphatic carbocycles. The maximum atomic E-state index is 5.52. The van der Waals surface area contributed by atoms with Gasteiger partial charge in [0.25, 0.3) is 0 Å². The molecule has 1 N–H and O–H groups in total. The van der Waals surface area contributed by atoms with Gasteiger partial charge in [0.2, 0.25) is 0 Å². The van der Waals surface area contributed by atoms with Crippen molar-refractivity contribution in [1.29, 1.82) is 0 Å². The quantitative estimate of drug-likeness (QED) is 0.700. The molecule has 0 heterocycles. The summed E-state index contributed by atoms with van der Waals surface area (Å²) in [7, 11) is 1.83. The van der Waals surface area contributed by atoms with Crippen LogP contribution in [0.3, 0.4) is 0 Å². The lowest BCUT2D eigenvalue weighted by Crippen LogP contribution is -2.42. The van der Waals surface area contributed by atoms with E-state index in [-0.39, 0.29) is 5.60 Å². The highest BCUT2D eigenvalue weighted by atomic mass is 16.5. The van der Waals surface area contributed by atoms with Crippen molar-refractivity contribution in [1.82, 2.24) is 5.32 Å². The molecular formula is C10H21NO. The Morgan fingerprint density at radius 3 is 2.92 bits per heavy atom. The average Bonchev–Trinajstić information content (AvgIpc) is 2.05. The summed E-state index contributed by atoms with van der Waals surface area (Å²) >= 11 is 0. The zero-order chi connectivity index (χ0) is 9.03. The molecule has 0 aliphatic heterocycles. The second-order valence-corrected chi connectivity index (χ2v) is 4.00. The fourth-order valence-electron chi connectivity index (χ4n) is 2.10. The van der Waals surface area contributed by atoms with Gasteiger partial charge in [0, 0.05) is 13.2 Å². The number of rotatable bonds is 3. The van der Waals surface area contributed by atoms with E-state index in [1.807, 2.05) is 7.11 Å². The lowest BCUT2D eigenvalue weighted by molar-refractivity contribution is -0.0321. The second kappa shape index (κ2) is 4.24. The first-order chi connectivity index (χ1) is 5.70. The van der Waals surface area contributed by atoms with Crippen LogP contribution in [-0.4, -0.2) is 25.3 Å². The summed E-state index contributed by atoms with van der Waals surface area (Å²) in [5.41, 5.74) is 0.130. The zero-order valence-corrected chi connectivity index (χ0v) is 8.52. The van der Waals surface area contributed by atoms with Crippen molar-refractivity contribution in [3.05, 3.63) is 0 Å². The molecule has 1 rings (SSSR count). The zero-order valence-electron chi connectivity index (χ0n) is 8.52. The molecule has 0 aromatic heterocycles. The van der Waals surface area contributed by atoms with Gasteiger partial charge in [0.1, 0.15) is 0 Å². The van der Waals surface area contributed by atoms with Gasteiger partial charge in [-0.3, -0.25) is 0 Å². The first-order valence-electron chi connectivity index (χ1n) is 4.99. The van der Waals surface area contributed by atoms with E-state index in [1.165, 1.54) is 19.3 Å². The molecule has 1 fully saturated rings. The Bertz CT molecular complexity index is 136. The standard InChI is InChI=1S/C10H21NO/c1-4-11-9-6-5-7-10(2,8-9)12-3/h9,11H,4-8H2,1-3H3. The monoisotopic (exact) mass is 171 g/mol. The average molecular weight is 171 g/mol. The van der Waals surface area contributed by atoms with E-state index in [1.54, 1.807) is 0 Å². The Labute approximate surface area is 75.7 Å². The molecule has 1 aliphatic rings. The van der Waals surface area contributed by atoms with Crippen LogP contribution in [-0.2, 0) is 4.74 Å². The highest BCUT2D eigenvalue weighted by Gasteiger charge is 2.31. The van der Waals surface area contributed by atoms with Crippen LogP contribution in [0.2, 0.25) is 0 Å². The number of nitrogens with one attached hydrogen (secondary N) is 1. The highest BCUT2D eigenvalue weighted by Crippen LogP contribution is 2.30. The van der Waals surface area contributed by atoms with Crippen molar-refractivity contribution >= 4 is 0 Å². The van der Waals surface area contributed by atoms with Crippen LogP contribution in [0.5, 0.6) is 0 Å². The van der Waals surface area contributed by atoms with Crippen LogP contribution < -0.4 is 5.32 Å². The van der Waals surface area contributed by atoms with Gasteiger partial charge in [0.15, 0.2) is 0 Å². The van der Waals surface area contributed by atoms with E-state index < -0.39 is 0 Å². The van der Waals surface area contributed by atoms with Crippen LogP contribution in [0.1, 0.15) is 39.5 Å². The van der Waals surface area contributed by atoms with Crippen molar-refractivity contribution in [2.24, 2.45) is 0 Å². The summed E-state index contributed by atoms with van der Waals surface area (Å²) in [4.78, 5) is 0. The van der Waals surface area contributed by atoms with Gasteiger partial charge in [-0.2, -0.15) is 0 Å². The predicted octanol–water partition coefficient (Wildman–Crippen LogP) is 1.94. The van der Waals surface area contributed by atoms with E-state index in [9.17, 15) is 0 Å². The van der Waals surface area contributed by atoms with Gasteiger partial charge >= 0.3 is 0 Å². The number of methoxy groups -OCH3 is 1. The van der Waals surface area contributed by atoms with E-state index in [4.69, 9.17) is 4.74 Å². The molecule has 2 heteroatoms. The lowest BCUT2D eigenvalue weighted by Gasteiger charge is -2.37. The van der Waals surface area contributed by atoms with Gasteiger partial charge in [-0.05, 0) is 39.2 Å². The Hall–Kier alpha value is -0.0800. The minimum Gasteiger partial charge on any atom is -0.378 e. The van der Waals surface area contributed by atoms with Gasteiger partial charge in [0.05, 0.1) is 5.60 Å². The highest BCUT2D eigenvalue weighted by molar-refractivity contribution is 4.87. The lowest BCUT2D eigenvalue weighted by atomic mass is 9.83. The fraction of sp³-hybridized carbons (Fsp3) is 1.00. The van der Waals surface area contributed by atoms with Crippen LogP contribution in [0.25, 0.3) is 0 Å². The second-order valence-electron chi connectivity index (χ2n) is 4.00. The van der Waals surface area contributed by atoms with E-state index in [2.05, 4.69) is 19.2 Å². The SMILES string of the molecule is CCNC1CCCC(C)(OC)C1. The van der Waals surface area contributed by atoms with Crippen LogP contribution in [0, 0.1) is 0 Å². The summed E-state index contributed by atoms with van der Waals surface area (Å²) in [6, 6.07) is 0.675. The van der Waals surface area contributed by atoms with Gasteiger partial charge in [-0.25, -0.2) is 0 Å². The van der Waals surface area contributed by atoms with Crippen LogP contribution >= 0.6 is 0 Å². The maximum absolute atomic E-state index is 5.52. The molecule has 2 atom stereocenters. The molecule has 0 saturated heterocycles. The van der Waals surface area contributed by atoms with E-state index in [0.29, 0.717) is 6.04 Å². The largest absolute Gasteiger partial charge is 0.378 e. The summed E-state index contributed by atoms with van der Waals surface area (Å²) in [6.45, 7) is 5.46. The van der Waals surface area contributed by atoms with Crippen molar-refractivity contribution in [3.63, 3.8) is 0 Å². The molecule has 0 aromatic rings. The van der Waals surface area contributed by atoms with Crippen molar-refractivity contribution in [3.8, 4) is 0 Å². The van der Waals surface area contributed by atoms with Gasteiger partial charge in [-0.1, -0.05) is 6.92 Å². The van der Waals surface area contributed by atoms with Gasteiger partial charge < -0.3 is 10.1 Å². The number of hydrogen-bond donors (Lipinski definition) is 1. The summed E-state index contributed by atoms with van der Waals surface area (Å²) in [5, 5.41) is 3.49. The molecule has 0 bridgehead atoms. The third-order valence-corrected chi connectivity index (χ3v) is 2.92. The molecule has 0 spiro atoms. The normalized spacial score (nSPS) is 36.8. The Balaban J connectivity index is 2.39. The maximum Gasteiger partial charge on any atom is 0.0665 e. The number of ether oxygens (including phenoxy) is 1. The molecular weight excluding hydrogens is 150 g/mol. The third-order valence-electron chi connectivity index (χ3n) is 2.92. The summed E-state index contributed by atoms with van der Waals surface area (Å²) < 4.78 is 5.52. The van der Waals surface area contributed by atoms with Crippen LogP contribution in [0.15, 0.2) is 0 Å².